The number of piperidine rings is 1. The van der Waals surface area contributed by atoms with Crippen LogP contribution in [0.2, 0.25) is 0 Å². The highest BCUT2D eigenvalue weighted by Gasteiger charge is 2.24. The van der Waals surface area contributed by atoms with E-state index in [1.165, 1.54) is 6.42 Å². The fourth-order valence-corrected chi connectivity index (χ4v) is 2.60. The smallest absolute Gasteiger partial charge is 0.224 e. The van der Waals surface area contributed by atoms with Crippen molar-refractivity contribution in [2.75, 3.05) is 30.4 Å². The van der Waals surface area contributed by atoms with Gasteiger partial charge in [0.05, 0.1) is 4.47 Å². The average molecular weight is 299 g/mol. The number of nitrogens with zero attached hydrogens (tertiary/aromatic N) is 3. The van der Waals surface area contributed by atoms with Gasteiger partial charge in [0.25, 0.3) is 0 Å². The molecule has 0 spiro atoms. The van der Waals surface area contributed by atoms with Gasteiger partial charge in [0.2, 0.25) is 5.95 Å². The van der Waals surface area contributed by atoms with Gasteiger partial charge < -0.3 is 10.2 Å². The minimum Gasteiger partial charge on any atom is -0.357 e. The molecule has 1 fully saturated rings. The lowest BCUT2D eigenvalue weighted by Crippen LogP contribution is -2.39. The molecule has 0 bridgehead atoms. The van der Waals surface area contributed by atoms with Gasteiger partial charge in [-0.15, -0.1) is 0 Å². The molecule has 4 nitrogen and oxygen atoms in total. The molecule has 1 aromatic rings. The minimum absolute atomic E-state index is 0.675. The van der Waals surface area contributed by atoms with Gasteiger partial charge in [-0.05, 0) is 34.2 Å². The fraction of sp³-hybridized carbons (Fsp3) is 0.667. The first-order valence-corrected chi connectivity index (χ1v) is 6.86. The predicted molar refractivity (Wildman–Crippen MR) is 74.4 cm³/mol. The van der Waals surface area contributed by atoms with Gasteiger partial charge in [0.15, 0.2) is 0 Å². The molecule has 0 aromatic carbocycles. The Kier molecular flexibility index (Phi) is 3.86. The van der Waals surface area contributed by atoms with Gasteiger partial charge in [-0.25, -0.2) is 4.98 Å². The normalized spacial score (nSPS) is 24.8. The lowest BCUT2D eigenvalue weighted by Gasteiger charge is -2.36. The standard InChI is InChI=1S/C12H19BrN4/c1-8-4-5-17(7-9(8)2)11-10(13)6-15-12(14-3)16-11/h6,8-9H,4-5,7H2,1-3H3,(H,14,15,16). The molecule has 1 aliphatic heterocycles. The van der Waals surface area contributed by atoms with Crippen LogP contribution in [-0.2, 0) is 0 Å². The van der Waals surface area contributed by atoms with Crippen LogP contribution in [0.1, 0.15) is 20.3 Å². The van der Waals surface area contributed by atoms with Gasteiger partial charge in [-0.1, -0.05) is 13.8 Å². The number of anilines is 2. The lowest BCUT2D eigenvalue weighted by molar-refractivity contribution is 0.322. The van der Waals surface area contributed by atoms with Crippen LogP contribution in [0, 0.1) is 11.8 Å². The predicted octanol–water partition coefficient (Wildman–Crippen LogP) is 2.76. The summed E-state index contributed by atoms with van der Waals surface area (Å²) in [5, 5.41) is 2.98. The third kappa shape index (κ3) is 2.70. The zero-order valence-electron chi connectivity index (χ0n) is 10.6. The van der Waals surface area contributed by atoms with Crippen LogP contribution in [0.15, 0.2) is 10.7 Å². The Morgan fingerprint density at radius 3 is 2.82 bits per heavy atom. The highest BCUT2D eigenvalue weighted by Crippen LogP contribution is 2.30. The summed E-state index contributed by atoms with van der Waals surface area (Å²) >= 11 is 3.54. The van der Waals surface area contributed by atoms with E-state index in [0.29, 0.717) is 11.9 Å². The van der Waals surface area contributed by atoms with Crippen LogP contribution in [0.3, 0.4) is 0 Å². The molecule has 0 aliphatic carbocycles. The molecule has 0 saturated carbocycles. The van der Waals surface area contributed by atoms with Crippen molar-refractivity contribution in [2.24, 2.45) is 11.8 Å². The maximum atomic E-state index is 4.53. The van der Waals surface area contributed by atoms with Crippen LogP contribution in [0.5, 0.6) is 0 Å². The molecule has 2 heterocycles. The monoisotopic (exact) mass is 298 g/mol. The summed E-state index contributed by atoms with van der Waals surface area (Å²) in [6.45, 7) is 6.78. The molecule has 94 valence electrons. The van der Waals surface area contributed by atoms with Crippen LogP contribution in [0.25, 0.3) is 0 Å². The fourth-order valence-electron chi connectivity index (χ4n) is 2.16. The summed E-state index contributed by atoms with van der Waals surface area (Å²) in [6.07, 6.45) is 3.05. The summed E-state index contributed by atoms with van der Waals surface area (Å²) < 4.78 is 0.971. The van der Waals surface area contributed by atoms with Gasteiger partial charge in [0.1, 0.15) is 5.82 Å². The second-order valence-corrected chi connectivity index (χ2v) is 5.66. The van der Waals surface area contributed by atoms with Crippen molar-refractivity contribution in [3.05, 3.63) is 10.7 Å². The summed E-state index contributed by atoms with van der Waals surface area (Å²) in [6, 6.07) is 0. The number of hydrogen-bond donors (Lipinski definition) is 1. The molecule has 1 saturated heterocycles. The van der Waals surface area contributed by atoms with E-state index >= 15 is 0 Å². The highest BCUT2D eigenvalue weighted by atomic mass is 79.9. The van der Waals surface area contributed by atoms with E-state index in [4.69, 9.17) is 0 Å². The van der Waals surface area contributed by atoms with E-state index in [1.807, 2.05) is 13.2 Å². The Morgan fingerprint density at radius 1 is 1.41 bits per heavy atom. The second kappa shape index (κ2) is 5.21. The van der Waals surface area contributed by atoms with Gasteiger partial charge in [-0.3, -0.25) is 0 Å². The molecular formula is C12H19BrN4. The van der Waals surface area contributed by atoms with Crippen molar-refractivity contribution < 1.29 is 0 Å². The molecule has 5 heteroatoms. The minimum atomic E-state index is 0.675. The number of nitrogens with one attached hydrogen (secondary N) is 1. The summed E-state index contributed by atoms with van der Waals surface area (Å²) in [7, 11) is 1.84. The Balaban J connectivity index is 2.21. The van der Waals surface area contributed by atoms with Gasteiger partial charge in [-0.2, -0.15) is 4.98 Å². The zero-order valence-corrected chi connectivity index (χ0v) is 12.2. The summed E-state index contributed by atoms with van der Waals surface area (Å²) in [4.78, 5) is 11.1. The molecule has 17 heavy (non-hydrogen) atoms. The molecule has 1 aromatic heterocycles. The van der Waals surface area contributed by atoms with E-state index in [9.17, 15) is 0 Å². The van der Waals surface area contributed by atoms with E-state index in [-0.39, 0.29) is 0 Å². The SMILES string of the molecule is CNc1ncc(Br)c(N2CCC(C)C(C)C2)n1. The van der Waals surface area contributed by atoms with Crippen LogP contribution in [0.4, 0.5) is 11.8 Å². The van der Waals surface area contributed by atoms with Crippen molar-refractivity contribution in [3.8, 4) is 0 Å². The highest BCUT2D eigenvalue weighted by molar-refractivity contribution is 9.10. The van der Waals surface area contributed by atoms with E-state index in [2.05, 4.69) is 50.0 Å². The largest absolute Gasteiger partial charge is 0.357 e. The Hall–Kier alpha value is -0.840. The summed E-state index contributed by atoms with van der Waals surface area (Å²) in [5.41, 5.74) is 0. The number of halogens is 1. The first-order valence-electron chi connectivity index (χ1n) is 6.07. The van der Waals surface area contributed by atoms with Crippen molar-refractivity contribution >= 4 is 27.7 Å². The Morgan fingerprint density at radius 2 is 2.18 bits per heavy atom. The summed E-state index contributed by atoms with van der Waals surface area (Å²) in [5.74, 6) is 3.19. The van der Waals surface area contributed by atoms with Crippen molar-refractivity contribution in [1.29, 1.82) is 0 Å². The maximum absolute atomic E-state index is 4.53. The van der Waals surface area contributed by atoms with Gasteiger partial charge in [0, 0.05) is 26.3 Å². The van der Waals surface area contributed by atoms with E-state index in [1.54, 1.807) is 0 Å². The van der Waals surface area contributed by atoms with Crippen molar-refractivity contribution in [2.45, 2.75) is 20.3 Å². The molecule has 0 radical (unpaired) electrons. The maximum Gasteiger partial charge on any atom is 0.224 e. The third-order valence-corrected chi connectivity index (χ3v) is 4.14. The van der Waals surface area contributed by atoms with E-state index < -0.39 is 0 Å². The number of aromatic nitrogens is 2. The van der Waals surface area contributed by atoms with Crippen LogP contribution >= 0.6 is 15.9 Å². The average Bonchev–Trinajstić information content (AvgIpc) is 2.33. The second-order valence-electron chi connectivity index (χ2n) is 4.80. The van der Waals surface area contributed by atoms with Gasteiger partial charge >= 0.3 is 0 Å². The third-order valence-electron chi connectivity index (χ3n) is 3.58. The van der Waals surface area contributed by atoms with Crippen LogP contribution in [-0.4, -0.2) is 30.1 Å². The van der Waals surface area contributed by atoms with Crippen LogP contribution < -0.4 is 10.2 Å². The molecule has 1 aliphatic rings. The zero-order chi connectivity index (χ0) is 12.4. The van der Waals surface area contributed by atoms with Crippen molar-refractivity contribution in [1.82, 2.24) is 9.97 Å². The van der Waals surface area contributed by atoms with Crippen molar-refractivity contribution in [3.63, 3.8) is 0 Å². The molecule has 0 amide bonds. The Bertz CT molecular complexity index is 396. The molecule has 2 atom stereocenters. The molecule has 2 rings (SSSR count). The molecule has 2 unspecified atom stereocenters. The Labute approximate surface area is 111 Å². The first-order chi connectivity index (χ1) is 8.11. The topological polar surface area (TPSA) is 41.1 Å². The van der Waals surface area contributed by atoms with E-state index in [0.717, 1.165) is 29.3 Å². The number of rotatable bonds is 2. The molecule has 1 N–H and O–H groups in total. The lowest BCUT2D eigenvalue weighted by atomic mass is 9.89. The quantitative estimate of drug-likeness (QED) is 0.911. The molecular weight excluding hydrogens is 280 g/mol. The first kappa shape index (κ1) is 12.6. The number of hydrogen-bond acceptors (Lipinski definition) is 4.